The summed E-state index contributed by atoms with van der Waals surface area (Å²) in [6.07, 6.45) is 9.72. The van der Waals surface area contributed by atoms with Gasteiger partial charge in [0.15, 0.2) is 0 Å². The van der Waals surface area contributed by atoms with Crippen LogP contribution in [-0.2, 0) is 0 Å². The van der Waals surface area contributed by atoms with Crippen LogP contribution in [0.5, 0.6) is 5.75 Å². The number of benzene rings is 2. The van der Waals surface area contributed by atoms with E-state index in [1.54, 1.807) is 19.2 Å². The van der Waals surface area contributed by atoms with Crippen molar-refractivity contribution in [3.8, 4) is 5.75 Å². The molecule has 0 aliphatic heterocycles. The van der Waals surface area contributed by atoms with E-state index in [-0.39, 0.29) is 5.82 Å². The molecule has 1 unspecified atom stereocenters. The molecule has 2 N–H and O–H groups in total. The minimum absolute atomic E-state index is 0.200. The van der Waals surface area contributed by atoms with E-state index in [0.29, 0.717) is 23.7 Å². The fraction of sp³-hybridized carbons (Fsp3) is 0.414. The number of hydrogen-bond acceptors (Lipinski definition) is 5. The fourth-order valence-electron chi connectivity index (χ4n) is 5.66. The van der Waals surface area contributed by atoms with Crippen molar-refractivity contribution in [2.24, 2.45) is 5.92 Å². The zero-order chi connectivity index (χ0) is 24.9. The van der Waals surface area contributed by atoms with E-state index in [1.165, 1.54) is 18.1 Å². The van der Waals surface area contributed by atoms with Gasteiger partial charge in [-0.25, -0.2) is 4.39 Å². The van der Waals surface area contributed by atoms with Crippen molar-refractivity contribution in [3.63, 3.8) is 0 Å². The number of H-pyrrole nitrogens is 1. The van der Waals surface area contributed by atoms with Crippen molar-refractivity contribution in [3.05, 3.63) is 71.9 Å². The van der Waals surface area contributed by atoms with Crippen LogP contribution in [0.15, 0.2) is 54.7 Å². The fourth-order valence-corrected chi connectivity index (χ4v) is 5.66. The lowest BCUT2D eigenvalue weighted by Crippen LogP contribution is -2.21. The molecule has 0 spiro atoms. The van der Waals surface area contributed by atoms with Gasteiger partial charge in [0.2, 0.25) is 5.95 Å². The number of methoxy groups -OCH3 is 1. The Hall–Kier alpha value is -3.48. The predicted molar refractivity (Wildman–Crippen MR) is 141 cm³/mol. The first-order valence-electron chi connectivity index (χ1n) is 13.0. The number of rotatable bonds is 9. The molecule has 2 heterocycles. The average molecular weight is 488 g/mol. The number of aromatic nitrogens is 4. The van der Waals surface area contributed by atoms with Gasteiger partial charge in [-0.1, -0.05) is 19.8 Å². The standard InChI is InChI=1S/C29H34FN5O/c1-3-4-5-25(28-33-29(35-34-28)32-22-11-13-23(36-2)14-12-22)20-8-6-19(7-9-20)24-16-17-31-27-15-10-21(30)18-26(24)27/h10-20,25H,3-9H2,1-2H3,(H2,32,33,34,35). The molecule has 2 aromatic heterocycles. The van der Waals surface area contributed by atoms with Crippen molar-refractivity contribution >= 4 is 22.5 Å². The lowest BCUT2D eigenvalue weighted by atomic mass is 9.72. The first-order chi connectivity index (χ1) is 17.6. The second-order valence-corrected chi connectivity index (χ2v) is 9.83. The first kappa shape index (κ1) is 24.2. The van der Waals surface area contributed by atoms with Gasteiger partial charge in [-0.15, -0.1) is 10.2 Å². The van der Waals surface area contributed by atoms with Crippen molar-refractivity contribution in [2.45, 2.75) is 63.7 Å². The lowest BCUT2D eigenvalue weighted by molar-refractivity contribution is 0.264. The van der Waals surface area contributed by atoms with E-state index in [1.807, 2.05) is 30.5 Å². The summed E-state index contributed by atoms with van der Waals surface area (Å²) in [5.41, 5.74) is 3.04. The van der Waals surface area contributed by atoms with Gasteiger partial charge in [-0.2, -0.15) is 0 Å². The molecular formula is C29H34FN5O. The molecule has 0 amide bonds. The van der Waals surface area contributed by atoms with Crippen molar-refractivity contribution in [2.75, 3.05) is 12.4 Å². The summed E-state index contributed by atoms with van der Waals surface area (Å²) in [6.45, 7) is 2.23. The number of unbranched alkanes of at least 4 members (excludes halogenated alkanes) is 1. The Morgan fingerprint density at radius 2 is 1.86 bits per heavy atom. The quantitative estimate of drug-likeness (QED) is 0.256. The smallest absolute Gasteiger partial charge is 0.226 e. The highest BCUT2D eigenvalue weighted by molar-refractivity contribution is 5.82. The number of nitrogens with one attached hydrogen (secondary N) is 2. The van der Waals surface area contributed by atoms with E-state index in [0.717, 1.165) is 66.7 Å². The molecule has 5 rings (SSSR count). The van der Waals surface area contributed by atoms with Crippen LogP contribution in [0.25, 0.3) is 10.9 Å². The number of anilines is 2. The molecule has 1 atom stereocenters. The Labute approximate surface area is 211 Å². The van der Waals surface area contributed by atoms with Crippen molar-refractivity contribution in [1.29, 1.82) is 0 Å². The molecule has 1 saturated carbocycles. The second kappa shape index (κ2) is 11.1. The van der Waals surface area contributed by atoms with Gasteiger partial charge in [0.05, 0.1) is 12.6 Å². The zero-order valence-corrected chi connectivity index (χ0v) is 21.0. The molecular weight excluding hydrogens is 453 g/mol. The Balaban J connectivity index is 1.29. The summed E-state index contributed by atoms with van der Waals surface area (Å²) in [6, 6.07) is 14.8. The minimum atomic E-state index is -0.200. The van der Waals surface area contributed by atoms with Crippen LogP contribution in [0.4, 0.5) is 16.0 Å². The SMILES string of the molecule is CCCCC(c1nnc(Nc2ccc(OC)cc2)[nH]1)C1CCC(c2ccnc3ccc(F)cc23)CC1. The molecule has 1 fully saturated rings. The summed E-state index contributed by atoms with van der Waals surface area (Å²) < 4.78 is 19.2. The highest BCUT2D eigenvalue weighted by atomic mass is 19.1. The largest absolute Gasteiger partial charge is 0.497 e. The summed E-state index contributed by atoms with van der Waals surface area (Å²) in [5, 5.41) is 13.2. The number of fused-ring (bicyclic) bond motifs is 1. The monoisotopic (exact) mass is 487 g/mol. The van der Waals surface area contributed by atoms with Crippen molar-refractivity contribution in [1.82, 2.24) is 20.2 Å². The molecule has 188 valence electrons. The van der Waals surface area contributed by atoms with Crippen molar-refractivity contribution < 1.29 is 9.13 Å². The molecule has 0 bridgehead atoms. The number of halogens is 1. The van der Waals surface area contributed by atoms with Gasteiger partial charge < -0.3 is 15.0 Å². The van der Waals surface area contributed by atoms with E-state index >= 15 is 0 Å². The first-order valence-corrected chi connectivity index (χ1v) is 13.0. The average Bonchev–Trinajstić information content (AvgIpc) is 3.37. The number of hydrogen-bond donors (Lipinski definition) is 2. The van der Waals surface area contributed by atoms with E-state index in [4.69, 9.17) is 4.74 Å². The molecule has 36 heavy (non-hydrogen) atoms. The van der Waals surface area contributed by atoms with Crippen LogP contribution < -0.4 is 10.1 Å². The normalized spacial score (nSPS) is 18.8. The molecule has 2 aromatic carbocycles. The molecule has 4 aromatic rings. The number of ether oxygens (including phenoxy) is 1. The lowest BCUT2D eigenvalue weighted by Gasteiger charge is -2.33. The van der Waals surface area contributed by atoms with E-state index < -0.39 is 0 Å². The van der Waals surface area contributed by atoms with Crippen LogP contribution in [-0.4, -0.2) is 27.3 Å². The van der Waals surface area contributed by atoms with Crippen LogP contribution in [0.3, 0.4) is 0 Å². The van der Waals surface area contributed by atoms with Crippen LogP contribution in [0.1, 0.15) is 75.1 Å². The highest BCUT2D eigenvalue weighted by Crippen LogP contribution is 2.44. The molecule has 1 aliphatic carbocycles. The zero-order valence-electron chi connectivity index (χ0n) is 21.0. The topological polar surface area (TPSA) is 75.7 Å². The number of nitrogens with zero attached hydrogens (tertiary/aromatic N) is 3. The van der Waals surface area contributed by atoms with Gasteiger partial charge in [0, 0.05) is 23.2 Å². The minimum Gasteiger partial charge on any atom is -0.497 e. The van der Waals surface area contributed by atoms with Crippen LogP contribution in [0, 0.1) is 11.7 Å². The van der Waals surface area contributed by atoms with E-state index in [9.17, 15) is 4.39 Å². The maximum Gasteiger partial charge on any atom is 0.226 e. The molecule has 0 radical (unpaired) electrons. The summed E-state index contributed by atoms with van der Waals surface area (Å²) in [5.74, 6) is 3.60. The number of pyridine rings is 1. The molecule has 7 heteroatoms. The maximum absolute atomic E-state index is 14.0. The third-order valence-electron chi connectivity index (χ3n) is 7.59. The van der Waals surface area contributed by atoms with Gasteiger partial charge in [-0.3, -0.25) is 4.98 Å². The third kappa shape index (κ3) is 5.35. The van der Waals surface area contributed by atoms with Gasteiger partial charge >= 0.3 is 0 Å². The summed E-state index contributed by atoms with van der Waals surface area (Å²) >= 11 is 0. The Bertz CT molecular complexity index is 1280. The Morgan fingerprint density at radius 1 is 1.06 bits per heavy atom. The van der Waals surface area contributed by atoms with Gasteiger partial charge in [0.1, 0.15) is 17.4 Å². The van der Waals surface area contributed by atoms with Crippen LogP contribution >= 0.6 is 0 Å². The summed E-state index contributed by atoms with van der Waals surface area (Å²) in [7, 11) is 1.66. The maximum atomic E-state index is 14.0. The Morgan fingerprint density at radius 3 is 2.61 bits per heavy atom. The van der Waals surface area contributed by atoms with Crippen LogP contribution in [0.2, 0.25) is 0 Å². The van der Waals surface area contributed by atoms with Gasteiger partial charge in [-0.05, 0) is 98.0 Å². The number of aromatic amines is 1. The molecule has 6 nitrogen and oxygen atoms in total. The van der Waals surface area contributed by atoms with Gasteiger partial charge in [0.25, 0.3) is 0 Å². The predicted octanol–water partition coefficient (Wildman–Crippen LogP) is 7.49. The summed E-state index contributed by atoms with van der Waals surface area (Å²) in [4.78, 5) is 7.89. The Kier molecular flexibility index (Phi) is 7.44. The molecule has 0 saturated heterocycles. The molecule has 1 aliphatic rings. The second-order valence-electron chi connectivity index (χ2n) is 9.83. The third-order valence-corrected chi connectivity index (χ3v) is 7.59. The highest BCUT2D eigenvalue weighted by Gasteiger charge is 2.31. The van der Waals surface area contributed by atoms with E-state index in [2.05, 4.69) is 38.5 Å².